The summed E-state index contributed by atoms with van der Waals surface area (Å²) in [6, 6.07) is 8.36. The minimum Gasteiger partial charge on any atom is -0.497 e. The minimum absolute atomic E-state index is 0.0178. The average Bonchev–Trinajstić information content (AvgIpc) is 2.95. The second-order valence-corrected chi connectivity index (χ2v) is 6.81. The number of ether oxygens (including phenoxy) is 1. The number of rotatable bonds is 4. The van der Waals surface area contributed by atoms with Crippen LogP contribution < -0.4 is 4.74 Å². The van der Waals surface area contributed by atoms with Crippen molar-refractivity contribution in [1.82, 2.24) is 4.90 Å². The molecule has 0 unspecified atom stereocenters. The zero-order valence-corrected chi connectivity index (χ0v) is 13.8. The van der Waals surface area contributed by atoms with Crippen molar-refractivity contribution in [2.24, 2.45) is 11.1 Å². The third kappa shape index (κ3) is 3.27. The summed E-state index contributed by atoms with van der Waals surface area (Å²) >= 11 is 0. The predicted molar refractivity (Wildman–Crippen MR) is 88.2 cm³/mol. The Morgan fingerprint density at radius 1 is 1.23 bits per heavy atom. The number of hydrogen-bond donors (Lipinski definition) is 0. The van der Waals surface area contributed by atoms with E-state index in [1.54, 1.807) is 7.11 Å². The lowest BCUT2D eigenvalue weighted by Crippen LogP contribution is -2.44. The molecular weight excluding hydrogens is 276 g/mol. The molecular formula is C18H26N2O2. The van der Waals surface area contributed by atoms with Crippen LogP contribution in [0.5, 0.6) is 5.75 Å². The first-order chi connectivity index (χ1) is 10.6. The zero-order chi connectivity index (χ0) is 15.6. The van der Waals surface area contributed by atoms with E-state index in [0.717, 1.165) is 44.6 Å². The van der Waals surface area contributed by atoms with Crippen LogP contribution in [0.15, 0.2) is 29.4 Å². The van der Waals surface area contributed by atoms with Gasteiger partial charge in [-0.3, -0.25) is 4.90 Å². The van der Waals surface area contributed by atoms with E-state index in [0.29, 0.717) is 5.92 Å². The van der Waals surface area contributed by atoms with Crippen LogP contribution in [-0.2, 0) is 11.4 Å². The van der Waals surface area contributed by atoms with Crippen molar-refractivity contribution >= 4 is 5.71 Å². The molecule has 1 spiro atoms. The lowest BCUT2D eigenvalue weighted by atomic mass is 9.84. The fourth-order valence-corrected chi connectivity index (χ4v) is 3.24. The van der Waals surface area contributed by atoms with E-state index in [2.05, 4.69) is 36.0 Å². The summed E-state index contributed by atoms with van der Waals surface area (Å²) in [5.74, 6) is 1.41. The number of benzene rings is 1. The maximum atomic E-state index is 5.83. The molecule has 4 nitrogen and oxygen atoms in total. The standard InChI is InChI=1S/C18H26N2O2/c1-14(2)17-12-18(22-19-17)8-10-20(11-9-18)13-15-4-6-16(21-3)7-5-15/h4-7,14H,8-13H2,1-3H3. The molecule has 4 heteroatoms. The van der Waals surface area contributed by atoms with Crippen LogP contribution >= 0.6 is 0 Å². The summed E-state index contributed by atoms with van der Waals surface area (Å²) in [5.41, 5.74) is 2.54. The second kappa shape index (κ2) is 6.29. The molecule has 0 N–H and O–H groups in total. The molecule has 0 aliphatic carbocycles. The molecule has 22 heavy (non-hydrogen) atoms. The number of oxime groups is 1. The Morgan fingerprint density at radius 2 is 1.91 bits per heavy atom. The highest BCUT2D eigenvalue weighted by atomic mass is 16.7. The van der Waals surface area contributed by atoms with Gasteiger partial charge in [0.15, 0.2) is 0 Å². The maximum Gasteiger partial charge on any atom is 0.145 e. The predicted octanol–water partition coefficient (Wildman–Crippen LogP) is 3.46. The summed E-state index contributed by atoms with van der Waals surface area (Å²) in [7, 11) is 1.70. The Bertz CT molecular complexity index is 529. The molecule has 1 aromatic carbocycles. The van der Waals surface area contributed by atoms with Gasteiger partial charge in [-0.1, -0.05) is 31.1 Å². The Labute approximate surface area is 133 Å². The Hall–Kier alpha value is -1.55. The molecule has 0 bridgehead atoms. The topological polar surface area (TPSA) is 34.1 Å². The first-order valence-electron chi connectivity index (χ1n) is 8.20. The molecule has 2 aliphatic rings. The maximum absolute atomic E-state index is 5.83. The van der Waals surface area contributed by atoms with E-state index >= 15 is 0 Å². The number of nitrogens with zero attached hydrogens (tertiary/aromatic N) is 2. The Kier molecular flexibility index (Phi) is 4.39. The van der Waals surface area contributed by atoms with Gasteiger partial charge in [0.2, 0.25) is 0 Å². The van der Waals surface area contributed by atoms with Gasteiger partial charge in [0.1, 0.15) is 11.4 Å². The van der Waals surface area contributed by atoms with Crippen LogP contribution in [-0.4, -0.2) is 36.4 Å². The molecule has 1 saturated heterocycles. The first kappa shape index (κ1) is 15.3. The monoisotopic (exact) mass is 302 g/mol. The highest BCUT2D eigenvalue weighted by molar-refractivity contribution is 5.87. The van der Waals surface area contributed by atoms with Crippen LogP contribution in [0.25, 0.3) is 0 Å². The normalized spacial score (nSPS) is 21.0. The van der Waals surface area contributed by atoms with Gasteiger partial charge in [-0.05, 0) is 23.6 Å². The molecule has 0 amide bonds. The lowest BCUT2D eigenvalue weighted by Gasteiger charge is -2.37. The van der Waals surface area contributed by atoms with Crippen LogP contribution in [0.2, 0.25) is 0 Å². The SMILES string of the molecule is COc1ccc(CN2CCC3(CC2)CC(C(C)C)=NO3)cc1. The number of hydrogen-bond acceptors (Lipinski definition) is 4. The molecule has 120 valence electrons. The Morgan fingerprint density at radius 3 is 2.45 bits per heavy atom. The van der Waals surface area contributed by atoms with Crippen molar-refractivity contribution in [3.05, 3.63) is 29.8 Å². The van der Waals surface area contributed by atoms with E-state index in [4.69, 9.17) is 9.57 Å². The Balaban J connectivity index is 1.52. The van der Waals surface area contributed by atoms with Gasteiger partial charge in [0.05, 0.1) is 12.8 Å². The molecule has 2 aliphatic heterocycles. The van der Waals surface area contributed by atoms with E-state index < -0.39 is 0 Å². The molecule has 1 fully saturated rings. The van der Waals surface area contributed by atoms with Gasteiger partial charge >= 0.3 is 0 Å². The lowest BCUT2D eigenvalue weighted by molar-refractivity contribution is -0.0627. The third-order valence-corrected chi connectivity index (χ3v) is 4.86. The third-order valence-electron chi connectivity index (χ3n) is 4.86. The number of piperidine rings is 1. The fourth-order valence-electron chi connectivity index (χ4n) is 3.24. The second-order valence-electron chi connectivity index (χ2n) is 6.81. The van der Waals surface area contributed by atoms with Gasteiger partial charge in [0.25, 0.3) is 0 Å². The summed E-state index contributed by atoms with van der Waals surface area (Å²) in [6.07, 6.45) is 3.16. The molecule has 2 heterocycles. The highest BCUT2D eigenvalue weighted by Gasteiger charge is 2.42. The molecule has 0 saturated carbocycles. The molecule has 3 rings (SSSR count). The van der Waals surface area contributed by atoms with Crippen LogP contribution in [0.1, 0.15) is 38.7 Å². The summed E-state index contributed by atoms with van der Waals surface area (Å²) in [4.78, 5) is 8.33. The van der Waals surface area contributed by atoms with E-state index in [1.165, 1.54) is 11.3 Å². The van der Waals surface area contributed by atoms with Crippen molar-refractivity contribution in [2.75, 3.05) is 20.2 Å². The van der Waals surface area contributed by atoms with Gasteiger partial charge in [-0.15, -0.1) is 0 Å². The highest BCUT2D eigenvalue weighted by Crippen LogP contribution is 2.36. The largest absolute Gasteiger partial charge is 0.497 e. The first-order valence-corrected chi connectivity index (χ1v) is 8.20. The smallest absolute Gasteiger partial charge is 0.145 e. The quantitative estimate of drug-likeness (QED) is 0.854. The summed E-state index contributed by atoms with van der Waals surface area (Å²) in [5, 5.41) is 4.32. The number of methoxy groups -OCH3 is 1. The van der Waals surface area contributed by atoms with Crippen LogP contribution in [0, 0.1) is 5.92 Å². The number of likely N-dealkylation sites (tertiary alicyclic amines) is 1. The zero-order valence-electron chi connectivity index (χ0n) is 13.8. The van der Waals surface area contributed by atoms with E-state index in [-0.39, 0.29) is 5.60 Å². The molecule has 0 atom stereocenters. The molecule has 0 radical (unpaired) electrons. The molecule has 1 aromatic rings. The van der Waals surface area contributed by atoms with Crippen molar-refractivity contribution in [3.8, 4) is 5.75 Å². The van der Waals surface area contributed by atoms with Gasteiger partial charge < -0.3 is 9.57 Å². The van der Waals surface area contributed by atoms with Gasteiger partial charge in [0, 0.05) is 38.9 Å². The van der Waals surface area contributed by atoms with Crippen LogP contribution in [0.3, 0.4) is 0 Å². The van der Waals surface area contributed by atoms with Crippen molar-refractivity contribution in [1.29, 1.82) is 0 Å². The van der Waals surface area contributed by atoms with Gasteiger partial charge in [-0.25, -0.2) is 0 Å². The van der Waals surface area contributed by atoms with Crippen molar-refractivity contribution in [3.63, 3.8) is 0 Å². The fraction of sp³-hybridized carbons (Fsp3) is 0.611. The minimum atomic E-state index is -0.0178. The van der Waals surface area contributed by atoms with Crippen LogP contribution in [0.4, 0.5) is 0 Å². The van der Waals surface area contributed by atoms with Crippen molar-refractivity contribution in [2.45, 2.75) is 45.3 Å². The molecule has 0 aromatic heterocycles. The van der Waals surface area contributed by atoms with Crippen molar-refractivity contribution < 1.29 is 9.57 Å². The van der Waals surface area contributed by atoms with E-state index in [1.807, 2.05) is 12.1 Å². The van der Waals surface area contributed by atoms with E-state index in [9.17, 15) is 0 Å². The summed E-state index contributed by atoms with van der Waals surface area (Å²) < 4.78 is 5.21. The van der Waals surface area contributed by atoms with Gasteiger partial charge in [-0.2, -0.15) is 0 Å². The average molecular weight is 302 g/mol. The summed E-state index contributed by atoms with van der Waals surface area (Å²) in [6.45, 7) is 7.54.